The van der Waals surface area contributed by atoms with E-state index in [1.54, 1.807) is 7.11 Å². The second kappa shape index (κ2) is 2.19. The molecule has 0 heterocycles. The fourth-order valence-electron chi connectivity index (χ4n) is 5.46. The van der Waals surface area contributed by atoms with Crippen molar-refractivity contribution in [2.75, 3.05) is 13.7 Å². The van der Waals surface area contributed by atoms with Crippen molar-refractivity contribution < 1.29 is 9.84 Å². The van der Waals surface area contributed by atoms with Gasteiger partial charge in [-0.2, -0.15) is 0 Å². The van der Waals surface area contributed by atoms with Gasteiger partial charge in [0.15, 0.2) is 0 Å². The molecule has 0 aromatic carbocycles. The molecule has 7 atom stereocenters. The Hall–Kier alpha value is -0.0800. The molecule has 0 saturated heterocycles. The van der Waals surface area contributed by atoms with Crippen LogP contribution >= 0.6 is 0 Å². The van der Waals surface area contributed by atoms with E-state index in [4.69, 9.17) is 4.74 Å². The summed E-state index contributed by atoms with van der Waals surface area (Å²) in [5.41, 5.74) is -0.336. The van der Waals surface area contributed by atoms with Gasteiger partial charge in [0.1, 0.15) is 0 Å². The molecule has 5 fully saturated rings. The quantitative estimate of drug-likeness (QED) is 0.733. The lowest BCUT2D eigenvalue weighted by atomic mass is 9.81. The Bertz CT molecular complexity index is 290. The normalized spacial score (nSPS) is 66.4. The number of hydrogen-bond donors (Lipinski definition) is 1. The molecule has 2 nitrogen and oxygen atoms in total. The third-order valence-corrected chi connectivity index (χ3v) is 5.71. The number of hydrogen-bond acceptors (Lipinski definition) is 2. The zero-order valence-electron chi connectivity index (χ0n) is 8.65. The van der Waals surface area contributed by atoms with Gasteiger partial charge in [-0.1, -0.05) is 0 Å². The summed E-state index contributed by atoms with van der Waals surface area (Å²) in [6, 6.07) is 0. The first-order chi connectivity index (χ1) is 6.76. The molecule has 5 rings (SSSR count). The molecule has 0 radical (unpaired) electrons. The first-order valence-corrected chi connectivity index (χ1v) is 5.97. The molecule has 5 aliphatic carbocycles. The molecule has 2 heteroatoms. The van der Waals surface area contributed by atoms with Gasteiger partial charge in [-0.3, -0.25) is 0 Å². The van der Waals surface area contributed by atoms with Gasteiger partial charge in [0, 0.05) is 13.7 Å². The van der Waals surface area contributed by atoms with Gasteiger partial charge in [-0.25, -0.2) is 0 Å². The highest BCUT2D eigenvalue weighted by Gasteiger charge is 2.80. The average molecular weight is 194 g/mol. The first-order valence-electron chi connectivity index (χ1n) is 5.97. The van der Waals surface area contributed by atoms with Crippen molar-refractivity contribution in [3.8, 4) is 0 Å². The minimum atomic E-state index is -0.336. The predicted molar refractivity (Wildman–Crippen MR) is 51.6 cm³/mol. The van der Waals surface area contributed by atoms with E-state index in [0.717, 1.165) is 49.0 Å². The van der Waals surface area contributed by atoms with Crippen LogP contribution in [0.1, 0.15) is 19.3 Å². The zero-order chi connectivity index (χ0) is 9.50. The van der Waals surface area contributed by atoms with Crippen LogP contribution in [-0.2, 0) is 4.74 Å². The van der Waals surface area contributed by atoms with E-state index >= 15 is 0 Å². The Morgan fingerprint density at radius 3 is 2.71 bits per heavy atom. The summed E-state index contributed by atoms with van der Waals surface area (Å²) in [7, 11) is 1.73. The van der Waals surface area contributed by atoms with Crippen LogP contribution < -0.4 is 0 Å². The minimum absolute atomic E-state index is 0.336. The van der Waals surface area contributed by atoms with Crippen molar-refractivity contribution >= 4 is 0 Å². The molecule has 0 unspecified atom stereocenters. The van der Waals surface area contributed by atoms with Crippen molar-refractivity contribution in [3.63, 3.8) is 0 Å². The minimum Gasteiger partial charge on any atom is -0.389 e. The second-order valence-corrected chi connectivity index (χ2v) is 5.96. The van der Waals surface area contributed by atoms with Crippen LogP contribution in [0, 0.1) is 35.5 Å². The topological polar surface area (TPSA) is 29.5 Å². The second-order valence-electron chi connectivity index (χ2n) is 5.96. The fourth-order valence-corrected chi connectivity index (χ4v) is 5.46. The smallest absolute Gasteiger partial charge is 0.0706 e. The molecule has 6 bridgehead atoms. The van der Waals surface area contributed by atoms with Crippen LogP contribution in [0.3, 0.4) is 0 Å². The van der Waals surface area contributed by atoms with Gasteiger partial charge in [-0.05, 0) is 54.8 Å². The number of methoxy groups -OCH3 is 1. The molecular formula is C12H18O2. The SMILES string of the molecule is COCC[C@]1(O)C[C@H]2[C@@H]3C[C@@H]4[C@H]2[C@@H]4[C@@H]31. The Balaban J connectivity index is 1.61. The van der Waals surface area contributed by atoms with E-state index in [1.165, 1.54) is 6.42 Å². The number of rotatable bonds is 3. The zero-order valence-corrected chi connectivity index (χ0v) is 8.65. The van der Waals surface area contributed by atoms with E-state index in [2.05, 4.69) is 0 Å². The van der Waals surface area contributed by atoms with Gasteiger partial charge >= 0.3 is 0 Å². The molecule has 0 aliphatic heterocycles. The van der Waals surface area contributed by atoms with Gasteiger partial charge in [0.25, 0.3) is 0 Å². The molecule has 0 aromatic heterocycles. The molecule has 5 aliphatic rings. The van der Waals surface area contributed by atoms with Crippen LogP contribution in [0.5, 0.6) is 0 Å². The lowest BCUT2D eigenvalue weighted by molar-refractivity contribution is -0.0432. The highest BCUT2D eigenvalue weighted by atomic mass is 16.5. The lowest BCUT2D eigenvalue weighted by Crippen LogP contribution is -2.38. The van der Waals surface area contributed by atoms with E-state index < -0.39 is 0 Å². The van der Waals surface area contributed by atoms with Gasteiger partial charge in [0.05, 0.1) is 5.60 Å². The highest BCUT2D eigenvalue weighted by Crippen LogP contribution is 2.83. The van der Waals surface area contributed by atoms with Gasteiger partial charge < -0.3 is 9.84 Å². The number of ether oxygens (including phenoxy) is 1. The summed E-state index contributed by atoms with van der Waals surface area (Å²) in [6.07, 6.45) is 3.40. The summed E-state index contributed by atoms with van der Waals surface area (Å²) < 4.78 is 5.11. The summed E-state index contributed by atoms with van der Waals surface area (Å²) >= 11 is 0. The Morgan fingerprint density at radius 1 is 1.29 bits per heavy atom. The molecular weight excluding hydrogens is 176 g/mol. The van der Waals surface area contributed by atoms with Crippen LogP contribution in [0.2, 0.25) is 0 Å². The van der Waals surface area contributed by atoms with Crippen molar-refractivity contribution in [2.24, 2.45) is 35.5 Å². The van der Waals surface area contributed by atoms with Crippen molar-refractivity contribution in [1.29, 1.82) is 0 Å². The summed E-state index contributed by atoms with van der Waals surface area (Å²) in [5, 5.41) is 10.6. The molecule has 78 valence electrons. The summed E-state index contributed by atoms with van der Waals surface area (Å²) in [4.78, 5) is 0. The molecule has 1 N–H and O–H groups in total. The van der Waals surface area contributed by atoms with Gasteiger partial charge in [0.2, 0.25) is 0 Å². The maximum atomic E-state index is 10.6. The van der Waals surface area contributed by atoms with E-state index in [-0.39, 0.29) is 5.60 Å². The maximum Gasteiger partial charge on any atom is 0.0706 e. The Kier molecular flexibility index (Phi) is 1.27. The molecule has 0 spiro atoms. The maximum absolute atomic E-state index is 10.6. The molecule has 0 amide bonds. The van der Waals surface area contributed by atoms with E-state index in [1.807, 2.05) is 0 Å². The van der Waals surface area contributed by atoms with Crippen LogP contribution in [0.15, 0.2) is 0 Å². The van der Waals surface area contributed by atoms with Crippen LogP contribution in [0.4, 0.5) is 0 Å². The van der Waals surface area contributed by atoms with Crippen molar-refractivity contribution in [2.45, 2.75) is 24.9 Å². The third-order valence-electron chi connectivity index (χ3n) is 5.71. The van der Waals surface area contributed by atoms with Crippen LogP contribution in [0.25, 0.3) is 0 Å². The Labute approximate surface area is 84.6 Å². The van der Waals surface area contributed by atoms with E-state index in [0.29, 0.717) is 5.92 Å². The predicted octanol–water partition coefficient (Wildman–Crippen LogP) is 1.29. The largest absolute Gasteiger partial charge is 0.389 e. The third kappa shape index (κ3) is 0.674. The fraction of sp³-hybridized carbons (Fsp3) is 1.00. The molecule has 0 aromatic rings. The van der Waals surface area contributed by atoms with Crippen molar-refractivity contribution in [1.82, 2.24) is 0 Å². The van der Waals surface area contributed by atoms with E-state index in [9.17, 15) is 5.11 Å². The van der Waals surface area contributed by atoms with Crippen molar-refractivity contribution in [3.05, 3.63) is 0 Å². The molecule has 14 heavy (non-hydrogen) atoms. The average Bonchev–Trinajstić information content (AvgIpc) is 2.57. The lowest BCUT2D eigenvalue weighted by Gasteiger charge is -2.32. The summed E-state index contributed by atoms with van der Waals surface area (Å²) in [6.45, 7) is 0.731. The first kappa shape index (κ1) is 8.12. The summed E-state index contributed by atoms with van der Waals surface area (Å²) in [5.74, 6) is 5.48. The Morgan fingerprint density at radius 2 is 2.14 bits per heavy atom. The highest BCUT2D eigenvalue weighted by molar-refractivity contribution is 5.28. The monoisotopic (exact) mass is 194 g/mol. The number of aliphatic hydroxyl groups is 1. The van der Waals surface area contributed by atoms with Crippen LogP contribution in [-0.4, -0.2) is 24.4 Å². The van der Waals surface area contributed by atoms with Gasteiger partial charge in [-0.15, -0.1) is 0 Å². The molecule has 5 saturated carbocycles. The standard InChI is InChI=1S/C12H18O2/c1-14-3-2-12(13)5-8-6-4-7-9(8)10(7)11(6)12/h6-11,13H,2-5H2,1H3/t6-,7+,8-,9+,10+,11+,12-/m0/s1.